The highest BCUT2D eigenvalue weighted by Crippen LogP contribution is 2.26. The molecule has 0 atom stereocenters. The first-order valence-corrected chi connectivity index (χ1v) is 8.56. The number of carbonyl (C=O) groups is 1. The highest BCUT2D eigenvalue weighted by molar-refractivity contribution is 7.94. The molecule has 112 valence electrons. The van der Waals surface area contributed by atoms with Gasteiger partial charge in [0.15, 0.2) is 0 Å². The number of thiophene rings is 1. The van der Waals surface area contributed by atoms with Crippen LogP contribution < -0.4 is 10.0 Å². The van der Waals surface area contributed by atoms with Crippen LogP contribution in [-0.4, -0.2) is 21.4 Å². The van der Waals surface area contributed by atoms with Gasteiger partial charge in [0, 0.05) is 17.5 Å². The molecule has 7 heteroatoms. The highest BCUT2D eigenvalue weighted by atomic mass is 32.2. The van der Waals surface area contributed by atoms with Crippen molar-refractivity contribution in [2.24, 2.45) is 0 Å². The molecule has 0 aliphatic rings. The summed E-state index contributed by atoms with van der Waals surface area (Å²) in [6, 6.07) is 8.27. The third kappa shape index (κ3) is 3.25. The Bertz CT molecular complexity index is 779. The summed E-state index contributed by atoms with van der Waals surface area (Å²) in [6.07, 6.45) is 0. The molecule has 0 fully saturated rings. The van der Waals surface area contributed by atoms with Crippen LogP contribution >= 0.6 is 11.3 Å². The van der Waals surface area contributed by atoms with Crippen molar-refractivity contribution < 1.29 is 13.2 Å². The summed E-state index contributed by atoms with van der Waals surface area (Å²) in [5.41, 5.74) is 1.44. The van der Waals surface area contributed by atoms with Crippen molar-refractivity contribution in [3.8, 4) is 0 Å². The zero-order valence-electron chi connectivity index (χ0n) is 11.9. The molecule has 0 aliphatic heterocycles. The summed E-state index contributed by atoms with van der Waals surface area (Å²) in [5.74, 6) is -0.250. The standard InChI is InChI=1S/C14H16N2O3S2/c1-9-7-8-13(20-9)21(18,19)16-12-6-4-5-11(10(12)2)14(17)15-3/h4-8,16H,1-3H3,(H,15,17). The fourth-order valence-corrected chi connectivity index (χ4v) is 4.28. The van der Waals surface area contributed by atoms with Gasteiger partial charge in [0.25, 0.3) is 15.9 Å². The van der Waals surface area contributed by atoms with Crippen molar-refractivity contribution in [1.29, 1.82) is 0 Å². The first kappa shape index (κ1) is 15.5. The Kier molecular flexibility index (Phi) is 4.34. The van der Waals surface area contributed by atoms with Crippen LogP contribution in [0.3, 0.4) is 0 Å². The predicted molar refractivity (Wildman–Crippen MR) is 84.4 cm³/mol. The maximum absolute atomic E-state index is 12.3. The van der Waals surface area contributed by atoms with E-state index in [2.05, 4.69) is 10.0 Å². The zero-order valence-corrected chi connectivity index (χ0v) is 13.6. The van der Waals surface area contributed by atoms with Gasteiger partial charge in [-0.3, -0.25) is 9.52 Å². The van der Waals surface area contributed by atoms with Crippen molar-refractivity contribution in [3.63, 3.8) is 0 Å². The molecular formula is C14H16N2O3S2. The number of aryl methyl sites for hydroxylation is 1. The quantitative estimate of drug-likeness (QED) is 0.907. The summed E-state index contributed by atoms with van der Waals surface area (Å²) < 4.78 is 27.4. The Hall–Kier alpha value is -1.86. The van der Waals surface area contributed by atoms with Gasteiger partial charge in [0.1, 0.15) is 4.21 Å². The lowest BCUT2D eigenvalue weighted by Crippen LogP contribution is -2.20. The average Bonchev–Trinajstić information content (AvgIpc) is 2.88. The average molecular weight is 324 g/mol. The molecular weight excluding hydrogens is 308 g/mol. The van der Waals surface area contributed by atoms with E-state index >= 15 is 0 Å². The molecule has 0 saturated heterocycles. The fourth-order valence-electron chi connectivity index (χ4n) is 1.88. The number of rotatable bonds is 4. The van der Waals surface area contributed by atoms with Crippen LogP contribution in [0.4, 0.5) is 5.69 Å². The molecule has 5 nitrogen and oxygen atoms in total. The normalized spacial score (nSPS) is 11.2. The van der Waals surface area contributed by atoms with Crippen LogP contribution in [0.25, 0.3) is 0 Å². The number of carbonyl (C=O) groups excluding carboxylic acids is 1. The fraction of sp³-hybridized carbons (Fsp3) is 0.214. The molecule has 0 radical (unpaired) electrons. The molecule has 1 aromatic heterocycles. The number of nitrogens with one attached hydrogen (secondary N) is 2. The van der Waals surface area contributed by atoms with Crippen molar-refractivity contribution in [3.05, 3.63) is 46.3 Å². The highest BCUT2D eigenvalue weighted by Gasteiger charge is 2.19. The molecule has 0 aliphatic carbocycles. The van der Waals surface area contributed by atoms with Crippen LogP contribution in [0.1, 0.15) is 20.8 Å². The Morgan fingerprint density at radius 2 is 1.86 bits per heavy atom. The van der Waals surface area contributed by atoms with Gasteiger partial charge in [-0.1, -0.05) is 6.07 Å². The molecule has 21 heavy (non-hydrogen) atoms. The third-order valence-electron chi connectivity index (χ3n) is 3.03. The second kappa shape index (κ2) is 5.87. The lowest BCUT2D eigenvalue weighted by Gasteiger charge is -2.12. The maximum Gasteiger partial charge on any atom is 0.271 e. The van der Waals surface area contributed by atoms with Crippen molar-refractivity contribution >= 4 is 33.0 Å². The first-order valence-electron chi connectivity index (χ1n) is 6.26. The summed E-state index contributed by atoms with van der Waals surface area (Å²) in [5, 5.41) is 2.53. The van der Waals surface area contributed by atoms with E-state index < -0.39 is 10.0 Å². The van der Waals surface area contributed by atoms with E-state index in [4.69, 9.17) is 0 Å². The molecule has 2 N–H and O–H groups in total. The van der Waals surface area contributed by atoms with Crippen LogP contribution in [0.2, 0.25) is 0 Å². The van der Waals surface area contributed by atoms with E-state index in [1.54, 1.807) is 37.3 Å². The molecule has 1 amide bonds. The van der Waals surface area contributed by atoms with Gasteiger partial charge in [-0.25, -0.2) is 8.42 Å². The minimum atomic E-state index is -3.63. The topological polar surface area (TPSA) is 75.3 Å². The molecule has 0 spiro atoms. The van der Waals surface area contributed by atoms with Crippen molar-refractivity contribution in [2.45, 2.75) is 18.1 Å². The molecule has 0 bridgehead atoms. The number of benzene rings is 1. The lowest BCUT2D eigenvalue weighted by atomic mass is 10.1. The third-order valence-corrected chi connectivity index (χ3v) is 5.89. The predicted octanol–water partition coefficient (Wildman–Crippen LogP) is 2.53. The van der Waals surface area contributed by atoms with Gasteiger partial charge >= 0.3 is 0 Å². The Labute approximate surface area is 128 Å². The van der Waals surface area contributed by atoms with Gasteiger partial charge in [-0.05, 0) is 43.7 Å². The van der Waals surface area contributed by atoms with Gasteiger partial charge in [-0.15, -0.1) is 11.3 Å². The van der Waals surface area contributed by atoms with Gasteiger partial charge in [0.05, 0.1) is 5.69 Å². The number of amides is 1. The van der Waals surface area contributed by atoms with Crippen molar-refractivity contribution in [1.82, 2.24) is 5.32 Å². The van der Waals surface area contributed by atoms with Gasteiger partial charge < -0.3 is 5.32 Å². The molecule has 0 unspecified atom stereocenters. The van der Waals surface area contributed by atoms with E-state index in [9.17, 15) is 13.2 Å². The minimum Gasteiger partial charge on any atom is -0.355 e. The van der Waals surface area contributed by atoms with Crippen LogP contribution in [-0.2, 0) is 10.0 Å². The minimum absolute atomic E-state index is 0.250. The number of hydrogen-bond donors (Lipinski definition) is 2. The van der Waals surface area contributed by atoms with Crippen molar-refractivity contribution in [2.75, 3.05) is 11.8 Å². The largest absolute Gasteiger partial charge is 0.355 e. The van der Waals surface area contributed by atoms with E-state index in [0.717, 1.165) is 4.88 Å². The molecule has 2 rings (SSSR count). The van der Waals surface area contributed by atoms with E-state index in [1.807, 2.05) is 6.92 Å². The number of hydrogen-bond acceptors (Lipinski definition) is 4. The van der Waals surface area contributed by atoms with E-state index in [1.165, 1.54) is 18.4 Å². The molecule has 2 aromatic rings. The number of sulfonamides is 1. The Balaban J connectivity index is 2.38. The lowest BCUT2D eigenvalue weighted by molar-refractivity contribution is 0.0962. The maximum atomic E-state index is 12.3. The first-order chi connectivity index (χ1) is 9.85. The number of anilines is 1. The summed E-state index contributed by atoms with van der Waals surface area (Å²) >= 11 is 1.21. The van der Waals surface area contributed by atoms with E-state index in [0.29, 0.717) is 16.8 Å². The second-order valence-corrected chi connectivity index (χ2v) is 7.72. The van der Waals surface area contributed by atoms with Gasteiger partial charge in [0.2, 0.25) is 0 Å². The zero-order chi connectivity index (χ0) is 15.6. The smallest absolute Gasteiger partial charge is 0.271 e. The molecule has 1 heterocycles. The van der Waals surface area contributed by atoms with Crippen LogP contribution in [0.5, 0.6) is 0 Å². The Morgan fingerprint density at radius 1 is 1.14 bits per heavy atom. The Morgan fingerprint density at radius 3 is 2.43 bits per heavy atom. The second-order valence-electron chi connectivity index (χ2n) is 4.53. The van der Waals surface area contributed by atoms with Crippen LogP contribution in [0, 0.1) is 13.8 Å². The summed E-state index contributed by atoms with van der Waals surface area (Å²) in [4.78, 5) is 12.7. The molecule has 0 saturated carbocycles. The summed E-state index contributed by atoms with van der Waals surface area (Å²) in [7, 11) is -2.09. The van der Waals surface area contributed by atoms with E-state index in [-0.39, 0.29) is 10.1 Å². The van der Waals surface area contributed by atoms with Crippen LogP contribution in [0.15, 0.2) is 34.5 Å². The van der Waals surface area contributed by atoms with Gasteiger partial charge in [-0.2, -0.15) is 0 Å². The monoisotopic (exact) mass is 324 g/mol. The summed E-state index contributed by atoms with van der Waals surface area (Å²) in [6.45, 7) is 3.56. The SMILES string of the molecule is CNC(=O)c1cccc(NS(=O)(=O)c2ccc(C)s2)c1C. The molecule has 1 aromatic carbocycles.